The largest absolute Gasteiger partial charge is 0.518 e. The first kappa shape index (κ1) is 14.1. The lowest BCUT2D eigenvalue weighted by Gasteiger charge is -2.04. The molecule has 0 heterocycles. The van der Waals surface area contributed by atoms with Crippen molar-refractivity contribution in [1.82, 2.24) is 0 Å². The highest BCUT2D eigenvalue weighted by atomic mass is 16.7. The quantitative estimate of drug-likeness (QED) is 0.417. The Bertz CT molecular complexity index is 329. The lowest BCUT2D eigenvalue weighted by atomic mass is 10.4. The highest BCUT2D eigenvalue weighted by Gasteiger charge is 2.07. The second kappa shape index (κ2) is 6.55. The molecule has 0 aliphatic carbocycles. The van der Waals surface area contributed by atoms with Crippen LogP contribution < -0.4 is 0 Å². The Labute approximate surface area is 93.7 Å². The van der Waals surface area contributed by atoms with E-state index in [0.29, 0.717) is 0 Å². The van der Waals surface area contributed by atoms with Gasteiger partial charge in [0, 0.05) is 12.2 Å². The summed E-state index contributed by atoms with van der Waals surface area (Å²) < 4.78 is 9.28. The van der Waals surface area contributed by atoms with Crippen LogP contribution in [0.4, 0.5) is 4.79 Å². The van der Waals surface area contributed by atoms with E-state index >= 15 is 0 Å². The molecular weight excluding hydrogens is 212 g/mol. The molecule has 0 N–H and O–H groups in total. The molecule has 0 unspecified atom stereocenters. The molecule has 0 aliphatic rings. The van der Waals surface area contributed by atoms with Crippen LogP contribution in [0.5, 0.6) is 0 Å². The Morgan fingerprint density at radius 2 is 1.06 bits per heavy atom. The number of allylic oxidation sites excluding steroid dienone is 4. The molecule has 0 amide bonds. The van der Waals surface area contributed by atoms with E-state index in [1.807, 2.05) is 0 Å². The van der Waals surface area contributed by atoms with E-state index in [0.717, 1.165) is 12.2 Å². The van der Waals surface area contributed by atoms with Crippen molar-refractivity contribution in [3.8, 4) is 0 Å². The lowest BCUT2D eigenvalue weighted by molar-refractivity contribution is -0.113. The van der Waals surface area contributed by atoms with Crippen LogP contribution in [0.15, 0.2) is 23.7 Å². The molecule has 0 aromatic heterocycles. The number of hydrogen-bond acceptors (Lipinski definition) is 5. The maximum absolute atomic E-state index is 11.1. The minimum atomic E-state index is -0.981. The Morgan fingerprint density at radius 3 is 1.31 bits per heavy atom. The molecule has 0 fully saturated rings. The zero-order valence-electron chi connectivity index (χ0n) is 9.70. The fourth-order valence-electron chi connectivity index (χ4n) is 0.915. The zero-order chi connectivity index (χ0) is 12.7. The third-order valence-corrected chi connectivity index (χ3v) is 1.30. The molecule has 0 aliphatic heterocycles. The van der Waals surface area contributed by atoms with Crippen LogP contribution in [0.25, 0.3) is 0 Å². The van der Waals surface area contributed by atoms with E-state index in [9.17, 15) is 14.4 Å². The van der Waals surface area contributed by atoms with Gasteiger partial charge in [-0.15, -0.1) is 0 Å². The van der Waals surface area contributed by atoms with Gasteiger partial charge in [-0.3, -0.25) is 9.59 Å². The van der Waals surface area contributed by atoms with Crippen molar-refractivity contribution in [2.75, 3.05) is 0 Å². The van der Waals surface area contributed by atoms with Crippen molar-refractivity contribution < 1.29 is 23.9 Å². The fraction of sp³-hybridized carbons (Fsp3) is 0.364. The number of ether oxygens (including phenoxy) is 2. The molecule has 0 bridgehead atoms. The number of ketones is 2. The fourth-order valence-corrected chi connectivity index (χ4v) is 0.915. The molecule has 0 saturated carbocycles. The Morgan fingerprint density at radius 1 is 0.750 bits per heavy atom. The predicted octanol–water partition coefficient (Wildman–Crippen LogP) is 2.13. The van der Waals surface area contributed by atoms with Crippen molar-refractivity contribution >= 4 is 17.7 Å². The van der Waals surface area contributed by atoms with Gasteiger partial charge in [0.1, 0.15) is 11.5 Å². The molecule has 0 spiro atoms. The van der Waals surface area contributed by atoms with Gasteiger partial charge >= 0.3 is 6.16 Å². The number of carbonyl (C=O) groups is 3. The van der Waals surface area contributed by atoms with Crippen molar-refractivity contribution in [1.29, 1.82) is 0 Å². The number of rotatable bonds is 4. The topological polar surface area (TPSA) is 69.7 Å². The van der Waals surface area contributed by atoms with Crippen LogP contribution in [-0.4, -0.2) is 17.7 Å². The van der Waals surface area contributed by atoms with E-state index in [4.69, 9.17) is 0 Å². The zero-order valence-corrected chi connectivity index (χ0v) is 9.70. The van der Waals surface area contributed by atoms with Crippen molar-refractivity contribution in [2.45, 2.75) is 27.7 Å². The van der Waals surface area contributed by atoms with Crippen LogP contribution in [0.3, 0.4) is 0 Å². The summed E-state index contributed by atoms with van der Waals surface area (Å²) in [5.41, 5.74) is 0. The van der Waals surface area contributed by atoms with Crippen LogP contribution in [0.1, 0.15) is 27.7 Å². The van der Waals surface area contributed by atoms with Gasteiger partial charge in [0.15, 0.2) is 11.6 Å². The summed E-state index contributed by atoms with van der Waals surface area (Å²) in [5, 5.41) is 0. The molecule has 0 saturated heterocycles. The summed E-state index contributed by atoms with van der Waals surface area (Å²) in [4.78, 5) is 32.4. The van der Waals surface area contributed by atoms with Gasteiger partial charge in [0.2, 0.25) is 0 Å². The second-order valence-corrected chi connectivity index (χ2v) is 3.19. The van der Waals surface area contributed by atoms with E-state index in [2.05, 4.69) is 9.47 Å². The summed E-state index contributed by atoms with van der Waals surface area (Å²) in [5.74, 6) is -0.205. The van der Waals surface area contributed by atoms with Crippen molar-refractivity contribution in [3.63, 3.8) is 0 Å². The third-order valence-electron chi connectivity index (χ3n) is 1.30. The molecule has 0 aromatic carbocycles. The van der Waals surface area contributed by atoms with Gasteiger partial charge in [0.05, 0.1) is 0 Å². The van der Waals surface area contributed by atoms with Gasteiger partial charge in [-0.05, 0) is 27.7 Å². The van der Waals surface area contributed by atoms with Crippen LogP contribution >= 0.6 is 0 Å². The molecule has 0 aromatic rings. The van der Waals surface area contributed by atoms with E-state index in [1.165, 1.54) is 27.7 Å². The summed E-state index contributed by atoms with van der Waals surface area (Å²) in [6, 6.07) is 0. The minimum Gasteiger partial charge on any atom is -0.399 e. The molecule has 88 valence electrons. The van der Waals surface area contributed by atoms with Crippen LogP contribution in [-0.2, 0) is 19.1 Å². The smallest absolute Gasteiger partial charge is 0.399 e. The number of carbonyl (C=O) groups excluding carboxylic acids is 3. The maximum Gasteiger partial charge on any atom is 0.518 e. The third kappa shape index (κ3) is 7.49. The maximum atomic E-state index is 11.1. The second-order valence-electron chi connectivity index (χ2n) is 3.19. The Kier molecular flexibility index (Phi) is 5.77. The SMILES string of the molecule is CC(=O)/C=C(\C)OC(=O)O/C(C)=C/C(C)=O. The minimum absolute atomic E-state index is 0.133. The Balaban J connectivity index is 4.30. The summed E-state index contributed by atoms with van der Waals surface area (Å²) in [7, 11) is 0. The molecule has 5 heteroatoms. The monoisotopic (exact) mass is 226 g/mol. The standard InChI is InChI=1S/C11H14O5/c1-7(12)5-9(3)15-11(14)16-10(4)6-8(2)13/h5-6H,1-4H3/b9-5+,10-6+. The molecule has 0 atom stereocenters. The molecule has 0 rings (SSSR count). The Hall–Kier alpha value is -1.91. The van der Waals surface area contributed by atoms with Gasteiger partial charge in [-0.2, -0.15) is 0 Å². The molecule has 0 radical (unpaired) electrons. The molecule has 16 heavy (non-hydrogen) atoms. The van der Waals surface area contributed by atoms with Crippen molar-refractivity contribution in [2.24, 2.45) is 0 Å². The average Bonchev–Trinajstić information content (AvgIpc) is 1.97. The first-order chi connectivity index (χ1) is 7.31. The molecule has 5 nitrogen and oxygen atoms in total. The normalized spacial score (nSPS) is 12.0. The predicted molar refractivity (Wildman–Crippen MR) is 56.4 cm³/mol. The van der Waals surface area contributed by atoms with Crippen molar-refractivity contribution in [3.05, 3.63) is 23.7 Å². The van der Waals surface area contributed by atoms with Crippen LogP contribution in [0.2, 0.25) is 0 Å². The van der Waals surface area contributed by atoms with Gasteiger partial charge < -0.3 is 9.47 Å². The van der Waals surface area contributed by atoms with Gasteiger partial charge in [-0.25, -0.2) is 4.79 Å². The van der Waals surface area contributed by atoms with Gasteiger partial charge in [0.25, 0.3) is 0 Å². The summed E-state index contributed by atoms with van der Waals surface area (Å²) >= 11 is 0. The van der Waals surface area contributed by atoms with Crippen LogP contribution in [0, 0.1) is 0 Å². The highest BCUT2D eigenvalue weighted by Crippen LogP contribution is 2.03. The van der Waals surface area contributed by atoms with Gasteiger partial charge in [-0.1, -0.05) is 0 Å². The van der Waals surface area contributed by atoms with E-state index in [-0.39, 0.29) is 23.1 Å². The summed E-state index contributed by atoms with van der Waals surface area (Å²) in [6.45, 7) is 5.57. The first-order valence-electron chi connectivity index (χ1n) is 4.58. The van der Waals surface area contributed by atoms with E-state index in [1.54, 1.807) is 0 Å². The average molecular weight is 226 g/mol. The number of hydrogen-bond donors (Lipinski definition) is 0. The molecular formula is C11H14O5. The first-order valence-corrected chi connectivity index (χ1v) is 4.58. The lowest BCUT2D eigenvalue weighted by Crippen LogP contribution is -2.06. The van der Waals surface area contributed by atoms with E-state index < -0.39 is 6.16 Å². The highest BCUT2D eigenvalue weighted by molar-refractivity contribution is 5.88. The summed E-state index contributed by atoms with van der Waals surface area (Å²) in [6.07, 6.45) is 1.33.